The number of carbonyl (C=O) groups is 1. The molecular weight excluding hydrogens is 226 g/mol. The van der Waals surface area contributed by atoms with Gasteiger partial charge in [0.05, 0.1) is 10.6 Å². The van der Waals surface area contributed by atoms with Gasteiger partial charge in [0, 0.05) is 17.4 Å². The smallest absolute Gasteiger partial charge is 0.338 e. The third-order valence-corrected chi connectivity index (χ3v) is 3.55. The van der Waals surface area contributed by atoms with E-state index in [1.807, 2.05) is 5.38 Å². The van der Waals surface area contributed by atoms with Gasteiger partial charge < -0.3 is 9.52 Å². The van der Waals surface area contributed by atoms with Crippen LogP contribution in [0.25, 0.3) is 11.5 Å². The van der Waals surface area contributed by atoms with E-state index in [-0.39, 0.29) is 5.56 Å². The molecule has 1 saturated carbocycles. The lowest BCUT2D eigenvalue weighted by atomic mass is 10.3. The van der Waals surface area contributed by atoms with Crippen molar-refractivity contribution in [3.8, 4) is 11.5 Å². The van der Waals surface area contributed by atoms with Crippen molar-refractivity contribution in [1.82, 2.24) is 4.98 Å². The first-order valence-electron chi connectivity index (χ1n) is 5.01. The van der Waals surface area contributed by atoms with E-state index < -0.39 is 5.97 Å². The van der Waals surface area contributed by atoms with Crippen molar-refractivity contribution in [3.05, 3.63) is 28.3 Å². The molecule has 1 N–H and O–H groups in total. The second kappa shape index (κ2) is 3.45. The molecule has 0 bridgehead atoms. The fourth-order valence-electron chi connectivity index (χ4n) is 1.50. The molecule has 16 heavy (non-hydrogen) atoms. The number of rotatable bonds is 3. The van der Waals surface area contributed by atoms with E-state index in [9.17, 15) is 4.79 Å². The van der Waals surface area contributed by atoms with Crippen molar-refractivity contribution in [3.63, 3.8) is 0 Å². The summed E-state index contributed by atoms with van der Waals surface area (Å²) in [5.41, 5.74) is 0.898. The van der Waals surface area contributed by atoms with E-state index in [4.69, 9.17) is 9.52 Å². The van der Waals surface area contributed by atoms with Crippen LogP contribution < -0.4 is 0 Å². The van der Waals surface area contributed by atoms with Gasteiger partial charge in [-0.05, 0) is 12.8 Å². The molecule has 0 amide bonds. The van der Waals surface area contributed by atoms with Gasteiger partial charge in [-0.25, -0.2) is 9.78 Å². The van der Waals surface area contributed by atoms with Crippen LogP contribution in [0.2, 0.25) is 0 Å². The highest BCUT2D eigenvalue weighted by Gasteiger charge is 2.27. The molecule has 1 aliphatic rings. The van der Waals surface area contributed by atoms with Crippen LogP contribution in [-0.4, -0.2) is 16.1 Å². The van der Waals surface area contributed by atoms with Gasteiger partial charge in [0.15, 0.2) is 5.76 Å². The Morgan fingerprint density at radius 3 is 3.00 bits per heavy atom. The molecule has 82 valence electrons. The molecule has 0 spiro atoms. The first kappa shape index (κ1) is 9.59. The van der Waals surface area contributed by atoms with Crippen molar-refractivity contribution in [2.45, 2.75) is 18.8 Å². The normalized spacial score (nSPS) is 15.2. The summed E-state index contributed by atoms with van der Waals surface area (Å²) in [5, 5.41) is 11.8. The molecule has 1 aliphatic carbocycles. The number of thiazole rings is 1. The molecule has 0 aromatic carbocycles. The summed E-state index contributed by atoms with van der Waals surface area (Å²) in [6.07, 6.45) is 3.67. The van der Waals surface area contributed by atoms with Crippen LogP contribution in [0.1, 0.15) is 34.1 Å². The number of carboxylic acids is 1. The quantitative estimate of drug-likeness (QED) is 0.888. The number of carboxylic acid groups (broad SMARTS) is 1. The molecule has 0 atom stereocenters. The Morgan fingerprint density at radius 2 is 2.38 bits per heavy atom. The van der Waals surface area contributed by atoms with E-state index in [0.717, 1.165) is 10.7 Å². The second-order valence-corrected chi connectivity index (χ2v) is 4.74. The number of furan rings is 1. The van der Waals surface area contributed by atoms with Gasteiger partial charge in [0.2, 0.25) is 0 Å². The third kappa shape index (κ3) is 1.63. The lowest BCUT2D eigenvalue weighted by Gasteiger charge is -1.87. The molecule has 2 heterocycles. The summed E-state index contributed by atoms with van der Waals surface area (Å²) in [7, 11) is 0. The SMILES string of the molecule is O=C(O)c1coc(-c2csc(C3CC3)n2)c1. The maximum Gasteiger partial charge on any atom is 0.338 e. The van der Waals surface area contributed by atoms with Crippen LogP contribution in [0.15, 0.2) is 22.1 Å². The monoisotopic (exact) mass is 235 g/mol. The van der Waals surface area contributed by atoms with Gasteiger partial charge in [0.1, 0.15) is 12.0 Å². The van der Waals surface area contributed by atoms with E-state index in [0.29, 0.717) is 11.7 Å². The van der Waals surface area contributed by atoms with Crippen molar-refractivity contribution >= 4 is 17.3 Å². The minimum absolute atomic E-state index is 0.163. The summed E-state index contributed by atoms with van der Waals surface area (Å²) in [4.78, 5) is 15.1. The maximum absolute atomic E-state index is 10.7. The maximum atomic E-state index is 10.7. The van der Waals surface area contributed by atoms with Gasteiger partial charge in [0.25, 0.3) is 0 Å². The Hall–Kier alpha value is -1.62. The first-order valence-corrected chi connectivity index (χ1v) is 5.89. The van der Waals surface area contributed by atoms with Gasteiger partial charge in [-0.1, -0.05) is 0 Å². The molecule has 0 saturated heterocycles. The van der Waals surface area contributed by atoms with Crippen molar-refractivity contribution < 1.29 is 14.3 Å². The Bertz CT molecular complexity index is 539. The number of aromatic nitrogens is 1. The molecule has 4 nitrogen and oxygen atoms in total. The summed E-state index contributed by atoms with van der Waals surface area (Å²) in [5.74, 6) is 0.167. The van der Waals surface area contributed by atoms with E-state index >= 15 is 0 Å². The molecule has 3 rings (SSSR count). The standard InChI is InChI=1S/C11H9NO3S/c13-11(14)7-3-9(15-4-7)8-5-16-10(12-8)6-1-2-6/h3-6H,1-2H2,(H,13,14). The first-order chi connectivity index (χ1) is 7.74. The largest absolute Gasteiger partial charge is 0.478 e. The summed E-state index contributed by atoms with van der Waals surface area (Å²) < 4.78 is 5.19. The predicted molar refractivity (Wildman–Crippen MR) is 58.8 cm³/mol. The molecule has 5 heteroatoms. The minimum Gasteiger partial charge on any atom is -0.478 e. The lowest BCUT2D eigenvalue weighted by molar-refractivity contribution is 0.0696. The number of hydrogen-bond donors (Lipinski definition) is 1. The third-order valence-electron chi connectivity index (χ3n) is 2.55. The number of nitrogens with zero attached hydrogens (tertiary/aromatic N) is 1. The lowest BCUT2D eigenvalue weighted by Crippen LogP contribution is -1.91. The van der Waals surface area contributed by atoms with Gasteiger partial charge in [-0.3, -0.25) is 0 Å². The Labute approximate surface area is 95.6 Å². The molecular formula is C11H9NO3S. The average molecular weight is 235 g/mol. The van der Waals surface area contributed by atoms with E-state index in [1.165, 1.54) is 25.2 Å². The van der Waals surface area contributed by atoms with Crippen LogP contribution in [-0.2, 0) is 0 Å². The highest BCUT2D eigenvalue weighted by atomic mass is 32.1. The van der Waals surface area contributed by atoms with Crippen molar-refractivity contribution in [2.24, 2.45) is 0 Å². The Kier molecular flexibility index (Phi) is 2.07. The topological polar surface area (TPSA) is 63.3 Å². The second-order valence-electron chi connectivity index (χ2n) is 3.85. The fourth-order valence-corrected chi connectivity index (χ4v) is 2.48. The summed E-state index contributed by atoms with van der Waals surface area (Å²) in [6, 6.07) is 1.51. The molecule has 0 unspecified atom stereocenters. The van der Waals surface area contributed by atoms with Gasteiger partial charge in [-0.2, -0.15) is 0 Å². The molecule has 1 fully saturated rings. The minimum atomic E-state index is -0.979. The zero-order valence-corrected chi connectivity index (χ0v) is 9.16. The van der Waals surface area contributed by atoms with E-state index in [2.05, 4.69) is 4.98 Å². The van der Waals surface area contributed by atoms with Crippen LogP contribution >= 0.6 is 11.3 Å². The van der Waals surface area contributed by atoms with Crippen LogP contribution in [0.5, 0.6) is 0 Å². The van der Waals surface area contributed by atoms with Crippen LogP contribution in [0.3, 0.4) is 0 Å². The van der Waals surface area contributed by atoms with Crippen LogP contribution in [0, 0.1) is 0 Å². The summed E-state index contributed by atoms with van der Waals surface area (Å²) >= 11 is 1.61. The van der Waals surface area contributed by atoms with Crippen LogP contribution in [0.4, 0.5) is 0 Å². The van der Waals surface area contributed by atoms with Gasteiger partial charge >= 0.3 is 5.97 Å². The molecule has 2 aromatic rings. The zero-order valence-electron chi connectivity index (χ0n) is 8.34. The summed E-state index contributed by atoms with van der Waals surface area (Å²) in [6.45, 7) is 0. The predicted octanol–water partition coefficient (Wildman–Crippen LogP) is 2.98. The highest BCUT2D eigenvalue weighted by molar-refractivity contribution is 7.10. The fraction of sp³-hybridized carbons (Fsp3) is 0.273. The average Bonchev–Trinajstić information content (AvgIpc) is 2.83. The van der Waals surface area contributed by atoms with Gasteiger partial charge in [-0.15, -0.1) is 11.3 Å². The van der Waals surface area contributed by atoms with Crippen molar-refractivity contribution in [1.29, 1.82) is 0 Å². The molecule has 0 aliphatic heterocycles. The molecule has 2 aromatic heterocycles. The Balaban J connectivity index is 1.91. The highest BCUT2D eigenvalue weighted by Crippen LogP contribution is 2.42. The van der Waals surface area contributed by atoms with E-state index in [1.54, 1.807) is 11.3 Å². The number of hydrogen-bond acceptors (Lipinski definition) is 4. The van der Waals surface area contributed by atoms with Crippen molar-refractivity contribution in [2.75, 3.05) is 0 Å². The molecule has 0 radical (unpaired) electrons. The zero-order chi connectivity index (χ0) is 11.1. The Morgan fingerprint density at radius 1 is 1.56 bits per heavy atom. The number of aromatic carboxylic acids is 1.